The first-order chi connectivity index (χ1) is 20.7. The van der Waals surface area contributed by atoms with Crippen molar-refractivity contribution in [2.24, 2.45) is 56.7 Å². The Balaban J connectivity index is 1.25. The molecule has 0 heterocycles. The fourth-order valence-corrected chi connectivity index (χ4v) is 12.7. The second-order valence-corrected chi connectivity index (χ2v) is 17.1. The van der Waals surface area contributed by atoms with Crippen molar-refractivity contribution in [3.05, 3.63) is 48.1 Å². The van der Waals surface area contributed by atoms with E-state index in [1.807, 2.05) is 30.3 Å². The number of carbonyl (C=O) groups is 1. The zero-order valence-corrected chi connectivity index (χ0v) is 28.6. The van der Waals surface area contributed by atoms with Gasteiger partial charge in [-0.3, -0.25) is 0 Å². The number of rotatable bonds is 6. The fourth-order valence-electron chi connectivity index (χ4n) is 12.7. The van der Waals surface area contributed by atoms with Crippen LogP contribution in [-0.2, 0) is 9.53 Å². The summed E-state index contributed by atoms with van der Waals surface area (Å²) in [5.74, 6) is 3.48. The first-order valence-corrected chi connectivity index (χ1v) is 17.5. The SMILES string of the molecule is C=C(C)[C@@H]1CC[C@]2(COC(=O)/C=C/c3ccc(OC)cc3)CC[C@]3(C)[C@@H](CC[C@@H]4[C@@]5(C)CC[C@H](O)C(C)(C)[C@H]5CC[C@]43C)[C@H]12. The Kier molecular flexibility index (Phi) is 7.99. The number of carbonyl (C=O) groups excluding carboxylic acids is 1. The third-order valence-corrected chi connectivity index (χ3v) is 15.2. The van der Waals surface area contributed by atoms with Crippen molar-refractivity contribution in [1.29, 1.82) is 0 Å². The van der Waals surface area contributed by atoms with Gasteiger partial charge in [0.2, 0.25) is 0 Å². The normalized spacial score (nSPS) is 44.2. The highest BCUT2D eigenvalue weighted by atomic mass is 16.5. The average Bonchev–Trinajstić information content (AvgIpc) is 3.38. The number of aliphatic hydroxyl groups excluding tert-OH is 1. The molecule has 0 spiro atoms. The van der Waals surface area contributed by atoms with Crippen LogP contribution in [0.5, 0.6) is 5.75 Å². The van der Waals surface area contributed by atoms with Gasteiger partial charge in [0.1, 0.15) is 5.75 Å². The molecule has 10 atom stereocenters. The quantitative estimate of drug-likeness (QED) is 0.200. The van der Waals surface area contributed by atoms with E-state index in [1.54, 1.807) is 13.2 Å². The van der Waals surface area contributed by atoms with Gasteiger partial charge in [0.05, 0.1) is 19.8 Å². The van der Waals surface area contributed by atoms with Crippen LogP contribution in [-0.4, -0.2) is 30.9 Å². The summed E-state index contributed by atoms with van der Waals surface area (Å²) in [5, 5.41) is 11.0. The molecule has 5 fully saturated rings. The van der Waals surface area contributed by atoms with Crippen LogP contribution in [0.3, 0.4) is 0 Å². The lowest BCUT2D eigenvalue weighted by atomic mass is 9.32. The maximum Gasteiger partial charge on any atom is 0.330 e. The summed E-state index contributed by atoms with van der Waals surface area (Å²) in [6.07, 6.45) is 15.0. The van der Waals surface area contributed by atoms with E-state index in [1.165, 1.54) is 37.7 Å². The standard InChI is InChI=1S/C40H58O4/c1-26(2)29-17-22-40(25-44-34(42)16-11-27-9-12-28(43-8)13-10-27)24-23-38(6)30(35(29)40)14-15-32-37(5)20-19-33(41)36(3,4)31(37)18-21-39(32,38)7/h9-13,16,29-33,35,41H,1,14-15,17-25H2,2-8H3/b16-11+/t29-,30-,31+,32+,33-,35-,37-,38+,39+,40+/m0/s1. The van der Waals surface area contributed by atoms with Crippen LogP contribution in [0.1, 0.15) is 111 Å². The van der Waals surface area contributed by atoms with Gasteiger partial charge in [-0.1, -0.05) is 58.9 Å². The monoisotopic (exact) mass is 602 g/mol. The first kappa shape index (κ1) is 31.9. The van der Waals surface area contributed by atoms with Crippen molar-refractivity contribution < 1.29 is 19.4 Å². The molecule has 0 radical (unpaired) electrons. The summed E-state index contributed by atoms with van der Waals surface area (Å²) in [7, 11) is 1.66. The van der Waals surface area contributed by atoms with Gasteiger partial charge in [-0.15, -0.1) is 0 Å². The molecule has 0 aliphatic heterocycles. The smallest absolute Gasteiger partial charge is 0.330 e. The van der Waals surface area contributed by atoms with E-state index < -0.39 is 0 Å². The van der Waals surface area contributed by atoms with Crippen LogP contribution in [0.4, 0.5) is 0 Å². The summed E-state index contributed by atoms with van der Waals surface area (Å²) < 4.78 is 11.4. The van der Waals surface area contributed by atoms with Crippen molar-refractivity contribution in [2.75, 3.05) is 13.7 Å². The Bertz CT molecular complexity index is 1290. The maximum atomic E-state index is 13.0. The molecule has 4 heteroatoms. The second kappa shape index (κ2) is 11.0. The maximum absolute atomic E-state index is 13.0. The third-order valence-electron chi connectivity index (χ3n) is 15.2. The molecule has 0 amide bonds. The number of ether oxygens (including phenoxy) is 2. The lowest BCUT2D eigenvalue weighted by Crippen LogP contribution is -2.66. The number of benzene rings is 1. The molecule has 0 bridgehead atoms. The topological polar surface area (TPSA) is 55.8 Å². The lowest BCUT2D eigenvalue weighted by Gasteiger charge is -2.73. The van der Waals surface area contributed by atoms with E-state index in [0.29, 0.717) is 36.2 Å². The molecule has 44 heavy (non-hydrogen) atoms. The van der Waals surface area contributed by atoms with Crippen LogP contribution in [0.15, 0.2) is 42.5 Å². The third kappa shape index (κ3) is 4.66. The zero-order valence-electron chi connectivity index (χ0n) is 28.6. The van der Waals surface area contributed by atoms with E-state index in [2.05, 4.69) is 48.1 Å². The molecular formula is C40H58O4. The number of fused-ring (bicyclic) bond motifs is 7. The second-order valence-electron chi connectivity index (χ2n) is 17.1. The Morgan fingerprint density at radius 1 is 0.909 bits per heavy atom. The van der Waals surface area contributed by atoms with Gasteiger partial charge in [0, 0.05) is 11.5 Å². The molecular weight excluding hydrogens is 544 g/mol. The summed E-state index contributed by atoms with van der Waals surface area (Å²) in [6.45, 7) is 19.9. The molecule has 4 nitrogen and oxygen atoms in total. The number of methoxy groups -OCH3 is 1. The van der Waals surface area contributed by atoms with Gasteiger partial charge >= 0.3 is 5.97 Å². The predicted molar refractivity (Wildman–Crippen MR) is 178 cm³/mol. The predicted octanol–water partition coefficient (Wildman–Crippen LogP) is 9.27. The zero-order chi connectivity index (χ0) is 31.7. The molecule has 0 aromatic heterocycles. The lowest BCUT2D eigenvalue weighted by molar-refractivity contribution is -0.249. The van der Waals surface area contributed by atoms with E-state index in [4.69, 9.17) is 9.47 Å². The van der Waals surface area contributed by atoms with Crippen LogP contribution < -0.4 is 4.74 Å². The van der Waals surface area contributed by atoms with Crippen molar-refractivity contribution in [3.8, 4) is 5.75 Å². The molecule has 242 valence electrons. The Labute approximate surface area is 267 Å². The Morgan fingerprint density at radius 2 is 1.64 bits per heavy atom. The molecule has 1 aromatic rings. The number of hydrogen-bond acceptors (Lipinski definition) is 4. The highest BCUT2D eigenvalue weighted by Gasteiger charge is 2.71. The van der Waals surface area contributed by atoms with Gasteiger partial charge in [0.15, 0.2) is 0 Å². The van der Waals surface area contributed by atoms with Crippen molar-refractivity contribution in [2.45, 2.75) is 112 Å². The van der Waals surface area contributed by atoms with Gasteiger partial charge in [-0.25, -0.2) is 4.79 Å². The number of esters is 1. The van der Waals surface area contributed by atoms with Crippen molar-refractivity contribution in [3.63, 3.8) is 0 Å². The van der Waals surface area contributed by atoms with Crippen molar-refractivity contribution in [1.82, 2.24) is 0 Å². The summed E-state index contributed by atoms with van der Waals surface area (Å²) >= 11 is 0. The number of aliphatic hydroxyl groups is 1. The molecule has 5 aliphatic carbocycles. The number of allylic oxidation sites excluding steroid dienone is 1. The van der Waals surface area contributed by atoms with Crippen molar-refractivity contribution >= 4 is 12.0 Å². The molecule has 5 saturated carbocycles. The Hall–Kier alpha value is -2.07. The highest BCUT2D eigenvalue weighted by molar-refractivity contribution is 5.87. The summed E-state index contributed by atoms with van der Waals surface area (Å²) in [6, 6.07) is 7.72. The molecule has 0 unspecified atom stereocenters. The van der Waals surface area contributed by atoms with E-state index in [0.717, 1.165) is 43.4 Å². The minimum Gasteiger partial charge on any atom is -0.497 e. The summed E-state index contributed by atoms with van der Waals surface area (Å²) in [4.78, 5) is 13.0. The van der Waals surface area contributed by atoms with E-state index in [9.17, 15) is 9.90 Å². The van der Waals surface area contributed by atoms with E-state index in [-0.39, 0.29) is 39.1 Å². The van der Waals surface area contributed by atoms with Gasteiger partial charge in [-0.2, -0.15) is 0 Å². The van der Waals surface area contributed by atoms with Gasteiger partial charge < -0.3 is 14.6 Å². The molecule has 0 saturated heterocycles. The van der Waals surface area contributed by atoms with Crippen LogP contribution >= 0.6 is 0 Å². The van der Waals surface area contributed by atoms with Gasteiger partial charge in [-0.05, 0) is 146 Å². The average molecular weight is 603 g/mol. The van der Waals surface area contributed by atoms with Gasteiger partial charge in [0.25, 0.3) is 0 Å². The largest absolute Gasteiger partial charge is 0.497 e. The van der Waals surface area contributed by atoms with Crippen LogP contribution in [0, 0.1) is 56.7 Å². The Morgan fingerprint density at radius 3 is 2.32 bits per heavy atom. The van der Waals surface area contributed by atoms with Crippen LogP contribution in [0.2, 0.25) is 0 Å². The van der Waals surface area contributed by atoms with Crippen LogP contribution in [0.25, 0.3) is 6.08 Å². The first-order valence-electron chi connectivity index (χ1n) is 17.5. The minimum atomic E-state index is -0.245. The molecule has 1 N–H and O–H groups in total. The summed E-state index contributed by atoms with van der Waals surface area (Å²) in [5.41, 5.74) is 3.13. The molecule has 5 aliphatic rings. The fraction of sp³-hybridized carbons (Fsp3) is 0.725. The molecule has 1 aromatic carbocycles. The number of hydrogen-bond donors (Lipinski definition) is 1. The minimum absolute atomic E-state index is 0.0179. The molecule has 6 rings (SSSR count). The van der Waals surface area contributed by atoms with E-state index >= 15 is 0 Å². The highest BCUT2D eigenvalue weighted by Crippen LogP contribution is 2.77.